The molecule has 0 aliphatic heterocycles. The van der Waals surface area contributed by atoms with Crippen LogP contribution in [0.1, 0.15) is 37.5 Å². The van der Waals surface area contributed by atoms with Crippen molar-refractivity contribution < 1.29 is 23.9 Å². The van der Waals surface area contributed by atoms with Crippen molar-refractivity contribution in [2.75, 3.05) is 7.11 Å². The van der Waals surface area contributed by atoms with Crippen LogP contribution in [-0.2, 0) is 42.2 Å². The topological polar surface area (TPSA) is 114 Å². The average molecular weight is 514 g/mol. The van der Waals surface area contributed by atoms with E-state index < -0.39 is 28.9 Å². The molecule has 4 aromatic rings. The predicted octanol–water partition coefficient (Wildman–Crippen LogP) is 4.05. The second-order valence-corrected chi connectivity index (χ2v) is 10.2. The van der Waals surface area contributed by atoms with Crippen molar-refractivity contribution in [3.63, 3.8) is 0 Å². The number of rotatable bonds is 8. The summed E-state index contributed by atoms with van der Waals surface area (Å²) in [6.07, 6.45) is 5.09. The summed E-state index contributed by atoms with van der Waals surface area (Å²) in [6.45, 7) is 5.39. The summed E-state index contributed by atoms with van der Waals surface area (Å²) in [5, 5.41) is 0.683. The first-order valence-corrected chi connectivity index (χ1v) is 12.2. The fraction of sp³-hybridized carbons (Fsp3) is 0.267. The van der Waals surface area contributed by atoms with Gasteiger partial charge in [-0.3, -0.25) is 9.78 Å². The molecule has 8 heteroatoms. The number of ketones is 1. The van der Waals surface area contributed by atoms with E-state index in [1.54, 1.807) is 51.5 Å². The first-order chi connectivity index (χ1) is 18.0. The summed E-state index contributed by atoms with van der Waals surface area (Å²) < 4.78 is 12.3. The lowest BCUT2D eigenvalue weighted by molar-refractivity contribution is -0.162. The Hall–Kier alpha value is -4.30. The number of carbonyl (C=O) groups is 3. The van der Waals surface area contributed by atoms with E-state index in [4.69, 9.17) is 10.5 Å². The van der Waals surface area contributed by atoms with Gasteiger partial charge in [0.1, 0.15) is 11.1 Å². The van der Waals surface area contributed by atoms with E-state index in [1.807, 2.05) is 53.1 Å². The molecule has 38 heavy (non-hydrogen) atoms. The minimum absolute atomic E-state index is 0.173. The van der Waals surface area contributed by atoms with Crippen molar-refractivity contribution in [2.24, 2.45) is 5.73 Å². The Morgan fingerprint density at radius 1 is 0.947 bits per heavy atom. The van der Waals surface area contributed by atoms with Gasteiger partial charge in [0.05, 0.1) is 12.6 Å². The normalized spacial score (nSPS) is 13.1. The number of ether oxygens (including phenoxy) is 2. The monoisotopic (exact) mass is 513 g/mol. The largest absolute Gasteiger partial charge is 0.463 e. The van der Waals surface area contributed by atoms with E-state index in [1.165, 1.54) is 7.11 Å². The first-order valence-electron chi connectivity index (χ1n) is 12.2. The standard InChI is InChI=1S/C30H31N3O5/c1-29(2,3)38-28(36)30(31,18-20-9-6-5-7-10-20)24-12-8-11-23-21(17-25(34)27(35)37-4)19-33(26(23)24)22-13-15-32-16-14-22/h5-16,19H,17-18,31H2,1-4H3. The molecule has 0 aliphatic rings. The van der Waals surface area contributed by atoms with Gasteiger partial charge in [0.15, 0.2) is 0 Å². The third kappa shape index (κ3) is 5.50. The number of hydrogen-bond donors (Lipinski definition) is 1. The molecule has 0 saturated carbocycles. The Labute approximate surface area is 221 Å². The lowest BCUT2D eigenvalue weighted by Crippen LogP contribution is -2.50. The maximum atomic E-state index is 13.8. The fourth-order valence-corrected chi connectivity index (χ4v) is 4.48. The van der Waals surface area contributed by atoms with Gasteiger partial charge in [-0.15, -0.1) is 0 Å². The number of carbonyl (C=O) groups excluding carboxylic acids is 3. The number of methoxy groups -OCH3 is 1. The zero-order valence-electron chi connectivity index (χ0n) is 21.9. The van der Waals surface area contributed by atoms with Gasteiger partial charge in [0.25, 0.3) is 0 Å². The minimum Gasteiger partial charge on any atom is -0.463 e. The molecule has 2 aromatic carbocycles. The Kier molecular flexibility index (Phi) is 7.46. The number of aromatic nitrogens is 2. The van der Waals surface area contributed by atoms with Crippen molar-refractivity contribution in [1.29, 1.82) is 0 Å². The van der Waals surface area contributed by atoms with Crippen LogP contribution in [0.3, 0.4) is 0 Å². The Morgan fingerprint density at radius 3 is 2.26 bits per heavy atom. The molecule has 0 aliphatic carbocycles. The number of nitrogens with zero attached hydrogens (tertiary/aromatic N) is 2. The third-order valence-corrected chi connectivity index (χ3v) is 6.18. The summed E-state index contributed by atoms with van der Waals surface area (Å²) in [6, 6.07) is 18.6. The lowest BCUT2D eigenvalue weighted by atomic mass is 9.83. The Bertz CT molecular complexity index is 1470. The summed E-state index contributed by atoms with van der Waals surface area (Å²) in [7, 11) is 1.17. The molecular weight excluding hydrogens is 482 g/mol. The summed E-state index contributed by atoms with van der Waals surface area (Å²) in [5.74, 6) is -2.17. The van der Waals surface area contributed by atoms with Gasteiger partial charge in [0.2, 0.25) is 5.78 Å². The third-order valence-electron chi connectivity index (χ3n) is 6.18. The highest BCUT2D eigenvalue weighted by molar-refractivity contribution is 6.34. The fourth-order valence-electron chi connectivity index (χ4n) is 4.48. The van der Waals surface area contributed by atoms with Gasteiger partial charge in [-0.1, -0.05) is 48.5 Å². The Morgan fingerprint density at radius 2 is 1.63 bits per heavy atom. The van der Waals surface area contributed by atoms with Crippen LogP contribution in [0.25, 0.3) is 16.6 Å². The van der Waals surface area contributed by atoms with Gasteiger partial charge < -0.3 is 19.8 Å². The van der Waals surface area contributed by atoms with Crippen LogP contribution in [0.15, 0.2) is 79.3 Å². The first kappa shape index (κ1) is 26.8. The van der Waals surface area contributed by atoms with E-state index in [0.717, 1.165) is 11.3 Å². The maximum Gasteiger partial charge on any atom is 0.374 e. The molecule has 0 radical (unpaired) electrons. The molecule has 2 N–H and O–H groups in total. The van der Waals surface area contributed by atoms with Crippen molar-refractivity contribution >= 4 is 28.6 Å². The number of para-hydroxylation sites is 1. The molecule has 0 bridgehead atoms. The molecule has 2 heterocycles. The van der Waals surface area contributed by atoms with Crippen LogP contribution >= 0.6 is 0 Å². The molecule has 1 atom stereocenters. The number of pyridine rings is 1. The van der Waals surface area contributed by atoms with Crippen molar-refractivity contribution in [1.82, 2.24) is 9.55 Å². The van der Waals surface area contributed by atoms with Crippen LogP contribution in [0.4, 0.5) is 0 Å². The highest BCUT2D eigenvalue weighted by Gasteiger charge is 2.42. The summed E-state index contributed by atoms with van der Waals surface area (Å²) in [5.41, 5.74) is 8.09. The molecule has 2 aromatic heterocycles. The van der Waals surface area contributed by atoms with Crippen LogP contribution < -0.4 is 5.73 Å². The van der Waals surface area contributed by atoms with Crippen molar-refractivity contribution in [3.8, 4) is 5.69 Å². The molecular formula is C30H31N3O5. The number of fused-ring (bicyclic) bond motifs is 1. The number of nitrogens with two attached hydrogens (primary N) is 1. The van der Waals surface area contributed by atoms with Gasteiger partial charge in [-0.25, -0.2) is 9.59 Å². The second kappa shape index (κ2) is 10.6. The zero-order chi connectivity index (χ0) is 27.5. The SMILES string of the molecule is COC(=O)C(=O)Cc1cn(-c2ccncc2)c2c(C(N)(Cc3ccccc3)C(=O)OC(C)(C)C)cccc12. The molecule has 196 valence electrons. The van der Waals surface area contributed by atoms with Gasteiger partial charge >= 0.3 is 11.9 Å². The van der Waals surface area contributed by atoms with E-state index in [-0.39, 0.29) is 12.8 Å². The molecule has 0 amide bonds. The van der Waals surface area contributed by atoms with Crippen molar-refractivity contribution in [2.45, 2.75) is 44.8 Å². The van der Waals surface area contributed by atoms with E-state index in [9.17, 15) is 14.4 Å². The molecule has 4 rings (SSSR count). The minimum atomic E-state index is -1.57. The second-order valence-electron chi connectivity index (χ2n) is 10.2. The van der Waals surface area contributed by atoms with Crippen LogP contribution in [0.5, 0.6) is 0 Å². The molecule has 1 unspecified atom stereocenters. The smallest absolute Gasteiger partial charge is 0.374 e. The van der Waals surface area contributed by atoms with E-state index in [2.05, 4.69) is 9.72 Å². The number of esters is 2. The number of Topliss-reactive ketones (excluding diaryl/α,β-unsaturated/α-hetero) is 1. The number of hydrogen-bond acceptors (Lipinski definition) is 7. The molecule has 0 saturated heterocycles. The predicted molar refractivity (Wildman–Crippen MR) is 144 cm³/mol. The summed E-state index contributed by atoms with van der Waals surface area (Å²) >= 11 is 0. The molecule has 0 spiro atoms. The van der Waals surface area contributed by atoms with Crippen LogP contribution in [0.2, 0.25) is 0 Å². The average Bonchev–Trinajstić information content (AvgIpc) is 3.26. The van der Waals surface area contributed by atoms with E-state index >= 15 is 0 Å². The van der Waals surface area contributed by atoms with Gasteiger partial charge in [0, 0.05) is 48.1 Å². The van der Waals surface area contributed by atoms with Crippen molar-refractivity contribution in [3.05, 3.63) is 95.9 Å². The quantitative estimate of drug-likeness (QED) is 0.279. The lowest BCUT2D eigenvalue weighted by Gasteiger charge is -2.32. The Balaban J connectivity index is 1.98. The van der Waals surface area contributed by atoms with Crippen LogP contribution in [-0.4, -0.2) is 40.0 Å². The molecule has 8 nitrogen and oxygen atoms in total. The highest BCUT2D eigenvalue weighted by atomic mass is 16.6. The maximum absolute atomic E-state index is 13.8. The zero-order valence-corrected chi connectivity index (χ0v) is 21.9. The van der Waals surface area contributed by atoms with Gasteiger partial charge in [-0.2, -0.15) is 0 Å². The van der Waals surface area contributed by atoms with Crippen LogP contribution in [0, 0.1) is 0 Å². The summed E-state index contributed by atoms with van der Waals surface area (Å²) in [4.78, 5) is 42.4. The number of benzene rings is 2. The highest BCUT2D eigenvalue weighted by Crippen LogP contribution is 2.36. The molecule has 0 fully saturated rings. The van der Waals surface area contributed by atoms with E-state index in [0.29, 0.717) is 22.0 Å². The van der Waals surface area contributed by atoms with Gasteiger partial charge in [-0.05, 0) is 44.0 Å².